The monoisotopic (exact) mass is 391 g/mol. The summed E-state index contributed by atoms with van der Waals surface area (Å²) in [5.41, 5.74) is 4.88. The van der Waals surface area contributed by atoms with Gasteiger partial charge in [-0.1, -0.05) is 11.2 Å². The number of carbonyl (C=O) groups is 1. The van der Waals surface area contributed by atoms with Crippen molar-refractivity contribution in [2.45, 2.75) is 52.5 Å². The van der Waals surface area contributed by atoms with Crippen LogP contribution in [0.15, 0.2) is 35.2 Å². The summed E-state index contributed by atoms with van der Waals surface area (Å²) in [6.07, 6.45) is 8.87. The molecular weight excluding hydrogens is 366 g/mol. The number of aromatic nitrogens is 4. The van der Waals surface area contributed by atoms with E-state index in [0.29, 0.717) is 5.69 Å². The quantitative estimate of drug-likeness (QED) is 0.659. The molecule has 0 N–H and O–H groups in total. The minimum absolute atomic E-state index is 0.0288. The molecular formula is C22H25N5O2. The van der Waals surface area contributed by atoms with E-state index in [4.69, 9.17) is 9.51 Å². The number of hydrogen-bond acceptors (Lipinski definition) is 6. The van der Waals surface area contributed by atoms with Crippen LogP contribution in [0.4, 0.5) is 0 Å². The first kappa shape index (κ1) is 19.2. The van der Waals surface area contributed by atoms with E-state index in [1.165, 1.54) is 0 Å². The van der Waals surface area contributed by atoms with Crippen LogP contribution >= 0.6 is 0 Å². The average Bonchev–Trinajstić information content (AvgIpc) is 3.32. The molecule has 0 bridgehead atoms. The van der Waals surface area contributed by atoms with Crippen LogP contribution in [0.1, 0.15) is 52.5 Å². The molecule has 150 valence electrons. The van der Waals surface area contributed by atoms with Gasteiger partial charge < -0.3 is 9.42 Å². The van der Waals surface area contributed by atoms with Crippen LogP contribution in [0.3, 0.4) is 0 Å². The second kappa shape index (κ2) is 8.11. The Morgan fingerprint density at radius 2 is 2.14 bits per heavy atom. The fraction of sp³-hybridized carbons (Fsp3) is 0.409. The molecule has 29 heavy (non-hydrogen) atoms. The molecule has 0 radical (unpaired) electrons. The van der Waals surface area contributed by atoms with Gasteiger partial charge in [0.1, 0.15) is 11.5 Å². The van der Waals surface area contributed by atoms with Crippen molar-refractivity contribution < 1.29 is 9.32 Å². The lowest BCUT2D eigenvalue weighted by atomic mass is 10.1. The normalized spacial score (nSPS) is 16.4. The Kier molecular flexibility index (Phi) is 5.38. The fourth-order valence-corrected chi connectivity index (χ4v) is 4.06. The van der Waals surface area contributed by atoms with Crippen molar-refractivity contribution in [2.75, 3.05) is 6.54 Å². The number of amides is 1. The highest BCUT2D eigenvalue weighted by molar-refractivity contribution is 5.94. The van der Waals surface area contributed by atoms with Crippen molar-refractivity contribution >= 4 is 5.91 Å². The standard InChI is InChI=1S/C22H25N5O2/c1-14-6-4-10-24-21(14)22(28)27-11-5-7-18(27)9-8-17-12-23-13-19(25-17)20-15(2)26-29-16(20)3/h4,6,10,12-13,18H,5,7-9,11H2,1-3H3. The predicted octanol–water partition coefficient (Wildman–Crippen LogP) is 3.69. The lowest BCUT2D eigenvalue weighted by Gasteiger charge is -2.25. The second-order valence-electron chi connectivity index (χ2n) is 7.60. The number of hydrogen-bond donors (Lipinski definition) is 0. The Bertz CT molecular complexity index is 1010. The fourth-order valence-electron chi connectivity index (χ4n) is 4.06. The topological polar surface area (TPSA) is 85.0 Å². The third-order valence-corrected chi connectivity index (χ3v) is 5.56. The molecule has 0 aliphatic carbocycles. The molecule has 0 aromatic carbocycles. The van der Waals surface area contributed by atoms with Crippen molar-refractivity contribution in [1.29, 1.82) is 0 Å². The van der Waals surface area contributed by atoms with Gasteiger partial charge in [0.05, 0.1) is 28.8 Å². The Hall–Kier alpha value is -3.09. The SMILES string of the molecule is Cc1cccnc1C(=O)N1CCCC1CCc1cncc(-c2c(C)noc2C)n1. The highest BCUT2D eigenvalue weighted by Crippen LogP contribution is 2.26. The van der Waals surface area contributed by atoms with Gasteiger partial charge in [0.2, 0.25) is 0 Å². The first-order valence-corrected chi connectivity index (χ1v) is 10.0. The lowest BCUT2D eigenvalue weighted by Crippen LogP contribution is -2.36. The number of rotatable bonds is 5. The molecule has 1 amide bonds. The van der Waals surface area contributed by atoms with Crippen molar-refractivity contribution in [1.82, 2.24) is 25.0 Å². The summed E-state index contributed by atoms with van der Waals surface area (Å²) in [5, 5.41) is 4.00. The number of pyridine rings is 1. The summed E-state index contributed by atoms with van der Waals surface area (Å²) in [6.45, 7) is 6.50. The maximum Gasteiger partial charge on any atom is 0.272 e. The summed E-state index contributed by atoms with van der Waals surface area (Å²) < 4.78 is 5.26. The predicted molar refractivity (Wildman–Crippen MR) is 108 cm³/mol. The number of carbonyl (C=O) groups excluding carboxylic acids is 1. The van der Waals surface area contributed by atoms with Crippen molar-refractivity contribution in [2.24, 2.45) is 0 Å². The second-order valence-corrected chi connectivity index (χ2v) is 7.60. The molecule has 1 saturated heterocycles. The van der Waals surface area contributed by atoms with Gasteiger partial charge in [-0.15, -0.1) is 0 Å². The van der Waals surface area contributed by atoms with Crippen LogP contribution in [0.5, 0.6) is 0 Å². The Balaban J connectivity index is 1.47. The molecule has 1 unspecified atom stereocenters. The first-order valence-electron chi connectivity index (χ1n) is 10.0. The Labute approximate surface area is 170 Å². The molecule has 4 rings (SSSR count). The highest BCUT2D eigenvalue weighted by Gasteiger charge is 2.30. The van der Waals surface area contributed by atoms with E-state index >= 15 is 0 Å². The average molecular weight is 391 g/mol. The molecule has 4 heterocycles. The van der Waals surface area contributed by atoms with Gasteiger partial charge in [-0.2, -0.15) is 0 Å². The molecule has 0 saturated carbocycles. The van der Waals surface area contributed by atoms with Crippen LogP contribution in [-0.2, 0) is 6.42 Å². The van der Waals surface area contributed by atoms with E-state index in [-0.39, 0.29) is 11.9 Å². The molecule has 3 aromatic heterocycles. The lowest BCUT2D eigenvalue weighted by molar-refractivity contribution is 0.0723. The first-order chi connectivity index (χ1) is 14.0. The maximum atomic E-state index is 13.0. The van der Waals surface area contributed by atoms with Gasteiger partial charge >= 0.3 is 0 Å². The van der Waals surface area contributed by atoms with E-state index in [9.17, 15) is 4.79 Å². The zero-order chi connectivity index (χ0) is 20.4. The Morgan fingerprint density at radius 1 is 1.28 bits per heavy atom. The van der Waals surface area contributed by atoms with Crippen LogP contribution < -0.4 is 0 Å². The minimum Gasteiger partial charge on any atom is -0.361 e. The van der Waals surface area contributed by atoms with Crippen LogP contribution in [0.25, 0.3) is 11.3 Å². The van der Waals surface area contributed by atoms with E-state index in [1.54, 1.807) is 18.6 Å². The number of aryl methyl sites for hydroxylation is 4. The number of likely N-dealkylation sites (tertiary alicyclic amines) is 1. The van der Waals surface area contributed by atoms with E-state index in [0.717, 1.165) is 66.2 Å². The summed E-state index contributed by atoms with van der Waals surface area (Å²) in [5.74, 6) is 0.772. The summed E-state index contributed by atoms with van der Waals surface area (Å²) >= 11 is 0. The van der Waals surface area contributed by atoms with Gasteiger partial charge in [-0.05, 0) is 58.1 Å². The smallest absolute Gasteiger partial charge is 0.272 e. The molecule has 1 atom stereocenters. The van der Waals surface area contributed by atoms with E-state index in [1.807, 2.05) is 37.8 Å². The summed E-state index contributed by atoms with van der Waals surface area (Å²) in [7, 11) is 0. The van der Waals surface area contributed by atoms with E-state index < -0.39 is 0 Å². The summed E-state index contributed by atoms with van der Waals surface area (Å²) in [4.78, 5) is 28.4. The van der Waals surface area contributed by atoms with Gasteiger partial charge in [0, 0.05) is 25.0 Å². The van der Waals surface area contributed by atoms with Crippen LogP contribution in [0, 0.1) is 20.8 Å². The molecule has 1 aliphatic rings. The largest absolute Gasteiger partial charge is 0.361 e. The molecule has 3 aromatic rings. The third-order valence-electron chi connectivity index (χ3n) is 5.56. The Morgan fingerprint density at radius 3 is 2.90 bits per heavy atom. The third kappa shape index (κ3) is 3.90. The van der Waals surface area contributed by atoms with E-state index in [2.05, 4.69) is 15.1 Å². The summed E-state index contributed by atoms with van der Waals surface area (Å²) in [6, 6.07) is 3.99. The van der Waals surface area contributed by atoms with Gasteiger partial charge in [-0.3, -0.25) is 14.8 Å². The maximum absolute atomic E-state index is 13.0. The van der Waals surface area contributed by atoms with Crippen molar-refractivity contribution in [3.63, 3.8) is 0 Å². The number of nitrogens with zero attached hydrogens (tertiary/aromatic N) is 5. The molecule has 1 aliphatic heterocycles. The molecule has 7 nitrogen and oxygen atoms in total. The van der Waals surface area contributed by atoms with Crippen molar-refractivity contribution in [3.8, 4) is 11.3 Å². The molecule has 0 spiro atoms. The minimum atomic E-state index is 0.0288. The zero-order valence-corrected chi connectivity index (χ0v) is 17.1. The highest BCUT2D eigenvalue weighted by atomic mass is 16.5. The van der Waals surface area contributed by atoms with Gasteiger partial charge in [0.15, 0.2) is 0 Å². The molecule has 7 heteroatoms. The van der Waals surface area contributed by atoms with Crippen LogP contribution in [-0.4, -0.2) is 43.5 Å². The zero-order valence-electron chi connectivity index (χ0n) is 17.1. The van der Waals surface area contributed by atoms with Gasteiger partial charge in [-0.25, -0.2) is 4.98 Å². The van der Waals surface area contributed by atoms with Crippen LogP contribution in [0.2, 0.25) is 0 Å². The van der Waals surface area contributed by atoms with Gasteiger partial charge in [0.25, 0.3) is 5.91 Å². The van der Waals surface area contributed by atoms with Crippen molar-refractivity contribution in [3.05, 3.63) is 59.1 Å². The molecule has 1 fully saturated rings.